The standard InChI is InChI=1S/C27H24N2O3/c30-24(13-12-19-6-2-1-3-7-19)28-16-14-20(15-17-28)18-29-26(31)22-10-4-8-21-9-5-11-23(25(21)22)27(29)32/h1-13,20H,14-18H2/b13-12+. The van der Waals surface area contributed by atoms with Gasteiger partial charge in [-0.05, 0) is 47.9 Å². The Morgan fingerprint density at radius 1 is 0.844 bits per heavy atom. The molecule has 2 aliphatic heterocycles. The summed E-state index contributed by atoms with van der Waals surface area (Å²) in [5.74, 6) is -0.250. The first kappa shape index (κ1) is 20.2. The molecule has 0 spiro atoms. The van der Waals surface area contributed by atoms with Gasteiger partial charge in [0.2, 0.25) is 5.91 Å². The highest BCUT2D eigenvalue weighted by Gasteiger charge is 2.35. The molecule has 0 aromatic heterocycles. The van der Waals surface area contributed by atoms with Crippen molar-refractivity contribution in [2.75, 3.05) is 19.6 Å². The van der Waals surface area contributed by atoms with Gasteiger partial charge in [-0.1, -0.05) is 54.6 Å². The van der Waals surface area contributed by atoms with E-state index in [0.29, 0.717) is 30.8 Å². The Hall–Kier alpha value is -3.73. The number of amides is 3. The lowest BCUT2D eigenvalue weighted by molar-refractivity contribution is -0.127. The van der Waals surface area contributed by atoms with Gasteiger partial charge < -0.3 is 4.90 Å². The summed E-state index contributed by atoms with van der Waals surface area (Å²) in [6, 6.07) is 20.9. The molecule has 1 fully saturated rings. The highest BCUT2D eigenvalue weighted by atomic mass is 16.2. The van der Waals surface area contributed by atoms with E-state index in [-0.39, 0.29) is 23.6 Å². The highest BCUT2D eigenvalue weighted by molar-refractivity contribution is 6.25. The van der Waals surface area contributed by atoms with Gasteiger partial charge in [-0.3, -0.25) is 19.3 Å². The quantitative estimate of drug-likeness (QED) is 0.461. The maximum Gasteiger partial charge on any atom is 0.261 e. The number of hydrogen-bond acceptors (Lipinski definition) is 3. The molecular weight excluding hydrogens is 400 g/mol. The third-order valence-corrected chi connectivity index (χ3v) is 6.44. The van der Waals surface area contributed by atoms with Crippen LogP contribution in [0.5, 0.6) is 0 Å². The highest BCUT2D eigenvalue weighted by Crippen LogP contribution is 2.31. The number of carbonyl (C=O) groups excluding carboxylic acids is 3. The van der Waals surface area contributed by atoms with E-state index in [1.807, 2.05) is 65.6 Å². The van der Waals surface area contributed by atoms with Crippen LogP contribution in [0, 0.1) is 5.92 Å². The number of nitrogens with zero attached hydrogens (tertiary/aromatic N) is 2. The van der Waals surface area contributed by atoms with Gasteiger partial charge >= 0.3 is 0 Å². The van der Waals surface area contributed by atoms with E-state index < -0.39 is 0 Å². The maximum atomic E-state index is 13.1. The lowest BCUT2D eigenvalue weighted by Gasteiger charge is -2.35. The average Bonchev–Trinajstić information content (AvgIpc) is 2.84. The number of benzene rings is 3. The van der Waals surface area contributed by atoms with Crippen LogP contribution in [0.4, 0.5) is 0 Å². The maximum absolute atomic E-state index is 13.1. The molecule has 0 bridgehead atoms. The van der Waals surface area contributed by atoms with E-state index in [0.717, 1.165) is 29.2 Å². The predicted octanol–water partition coefficient (Wildman–Crippen LogP) is 4.39. The van der Waals surface area contributed by atoms with Crippen molar-refractivity contribution in [1.29, 1.82) is 0 Å². The van der Waals surface area contributed by atoms with E-state index in [1.165, 1.54) is 4.90 Å². The number of imide groups is 1. The molecule has 3 amide bonds. The molecule has 3 aromatic rings. The van der Waals surface area contributed by atoms with Gasteiger partial charge in [0.05, 0.1) is 0 Å². The molecule has 5 rings (SSSR count). The molecule has 0 saturated carbocycles. The molecule has 1 saturated heterocycles. The van der Waals surface area contributed by atoms with Gasteiger partial charge in [0.1, 0.15) is 0 Å². The van der Waals surface area contributed by atoms with Crippen LogP contribution in [0.1, 0.15) is 39.1 Å². The second-order valence-corrected chi connectivity index (χ2v) is 8.44. The molecular formula is C27H24N2O3. The summed E-state index contributed by atoms with van der Waals surface area (Å²) in [4.78, 5) is 42.0. The summed E-state index contributed by atoms with van der Waals surface area (Å²) < 4.78 is 0. The zero-order valence-corrected chi connectivity index (χ0v) is 17.7. The third-order valence-electron chi connectivity index (χ3n) is 6.44. The van der Waals surface area contributed by atoms with Crippen LogP contribution in [0.25, 0.3) is 16.8 Å². The number of rotatable bonds is 4. The molecule has 0 atom stereocenters. The van der Waals surface area contributed by atoms with Crippen molar-refractivity contribution in [1.82, 2.24) is 9.80 Å². The fourth-order valence-electron chi connectivity index (χ4n) is 4.68. The van der Waals surface area contributed by atoms with Crippen LogP contribution in [-0.2, 0) is 4.79 Å². The zero-order valence-electron chi connectivity index (χ0n) is 17.7. The normalized spacial score (nSPS) is 16.9. The van der Waals surface area contributed by atoms with E-state index in [1.54, 1.807) is 18.2 Å². The fraction of sp³-hybridized carbons (Fsp3) is 0.222. The van der Waals surface area contributed by atoms with Crippen LogP contribution in [0.2, 0.25) is 0 Å². The number of hydrogen-bond donors (Lipinski definition) is 0. The minimum absolute atomic E-state index is 0.00182. The van der Waals surface area contributed by atoms with Crippen molar-refractivity contribution in [2.45, 2.75) is 12.8 Å². The minimum atomic E-state index is -0.219. The fourth-order valence-corrected chi connectivity index (χ4v) is 4.68. The molecule has 0 unspecified atom stereocenters. The number of piperidine rings is 1. The smallest absolute Gasteiger partial charge is 0.261 e. The van der Waals surface area contributed by atoms with Crippen LogP contribution in [-0.4, -0.2) is 47.2 Å². The largest absolute Gasteiger partial charge is 0.339 e. The van der Waals surface area contributed by atoms with Crippen molar-refractivity contribution in [3.63, 3.8) is 0 Å². The van der Waals surface area contributed by atoms with Crippen molar-refractivity contribution < 1.29 is 14.4 Å². The average molecular weight is 425 g/mol. The molecule has 0 N–H and O–H groups in total. The predicted molar refractivity (Wildman–Crippen MR) is 124 cm³/mol. The molecule has 0 radical (unpaired) electrons. The summed E-state index contributed by atoms with van der Waals surface area (Å²) in [7, 11) is 0. The Bertz CT molecular complexity index is 1170. The molecule has 2 aliphatic rings. The van der Waals surface area contributed by atoms with Gasteiger partial charge in [0.15, 0.2) is 0 Å². The van der Waals surface area contributed by atoms with Gasteiger partial charge in [-0.2, -0.15) is 0 Å². The lowest BCUT2D eigenvalue weighted by Crippen LogP contribution is -2.46. The molecule has 32 heavy (non-hydrogen) atoms. The van der Waals surface area contributed by atoms with Crippen molar-refractivity contribution in [2.24, 2.45) is 5.92 Å². The first-order chi connectivity index (χ1) is 15.6. The van der Waals surface area contributed by atoms with E-state index >= 15 is 0 Å². The Morgan fingerprint density at radius 3 is 2.09 bits per heavy atom. The molecule has 5 nitrogen and oxygen atoms in total. The van der Waals surface area contributed by atoms with Crippen molar-refractivity contribution in [3.05, 3.63) is 89.5 Å². The first-order valence-electron chi connectivity index (χ1n) is 11.0. The second kappa shape index (κ2) is 8.42. The Labute approximate surface area is 186 Å². The van der Waals surface area contributed by atoms with Gasteiger partial charge in [-0.25, -0.2) is 0 Å². The SMILES string of the molecule is O=C(/C=C/c1ccccc1)N1CCC(CN2C(=O)c3cccc4cccc(c34)C2=O)CC1. The summed E-state index contributed by atoms with van der Waals surface area (Å²) in [5.41, 5.74) is 2.18. The Kier molecular flexibility index (Phi) is 5.31. The van der Waals surface area contributed by atoms with E-state index in [2.05, 4.69) is 0 Å². The second-order valence-electron chi connectivity index (χ2n) is 8.44. The minimum Gasteiger partial charge on any atom is -0.339 e. The molecule has 0 aliphatic carbocycles. The third kappa shape index (κ3) is 3.71. The van der Waals surface area contributed by atoms with E-state index in [9.17, 15) is 14.4 Å². The van der Waals surface area contributed by atoms with Crippen LogP contribution in [0.15, 0.2) is 72.8 Å². The van der Waals surface area contributed by atoms with E-state index in [4.69, 9.17) is 0 Å². The summed E-state index contributed by atoms with van der Waals surface area (Å²) in [5, 5.41) is 1.67. The number of likely N-dealkylation sites (tertiary alicyclic amines) is 1. The van der Waals surface area contributed by atoms with Crippen molar-refractivity contribution >= 4 is 34.6 Å². The molecule has 5 heteroatoms. The number of carbonyl (C=O) groups is 3. The monoisotopic (exact) mass is 424 g/mol. The zero-order chi connectivity index (χ0) is 22.1. The van der Waals surface area contributed by atoms with Gasteiger partial charge in [0.25, 0.3) is 11.8 Å². The summed E-state index contributed by atoms with van der Waals surface area (Å²) in [6.07, 6.45) is 4.99. The summed E-state index contributed by atoms with van der Waals surface area (Å²) in [6.45, 7) is 1.65. The molecule has 2 heterocycles. The van der Waals surface area contributed by atoms with Crippen LogP contribution < -0.4 is 0 Å². The lowest BCUT2D eigenvalue weighted by atomic mass is 9.91. The van der Waals surface area contributed by atoms with Crippen LogP contribution >= 0.6 is 0 Å². The van der Waals surface area contributed by atoms with Crippen LogP contribution in [0.3, 0.4) is 0 Å². The topological polar surface area (TPSA) is 57.7 Å². The Morgan fingerprint density at radius 2 is 1.47 bits per heavy atom. The molecule has 160 valence electrons. The van der Waals surface area contributed by atoms with Crippen molar-refractivity contribution in [3.8, 4) is 0 Å². The Balaban J connectivity index is 1.24. The molecule has 3 aromatic carbocycles. The van der Waals surface area contributed by atoms with Gasteiger partial charge in [-0.15, -0.1) is 0 Å². The summed E-state index contributed by atoms with van der Waals surface area (Å²) >= 11 is 0. The van der Waals surface area contributed by atoms with Gasteiger partial charge in [0, 0.05) is 42.2 Å². The first-order valence-corrected chi connectivity index (χ1v) is 11.0.